The molecule has 0 aromatic heterocycles. The largest absolute Gasteiger partial charge is 0.297 e. The second kappa shape index (κ2) is 6.33. The molecule has 0 heterocycles. The van der Waals surface area contributed by atoms with Gasteiger partial charge in [-0.2, -0.15) is 0 Å². The molecule has 106 valence electrons. The fraction of sp³-hybridized carbons (Fsp3) is 0.588. The third kappa shape index (κ3) is 3.06. The Kier molecular flexibility index (Phi) is 5.30. The summed E-state index contributed by atoms with van der Waals surface area (Å²) in [4.78, 5) is 14.9. The minimum absolute atomic E-state index is 0.325. The molecule has 0 amide bonds. The van der Waals surface area contributed by atoms with Gasteiger partial charge in [0.25, 0.3) is 0 Å². The molecule has 0 saturated carbocycles. The van der Waals surface area contributed by atoms with Gasteiger partial charge in [-0.15, -0.1) is 0 Å². The van der Waals surface area contributed by atoms with Crippen molar-refractivity contribution in [1.29, 1.82) is 0 Å². The number of ketones is 1. The summed E-state index contributed by atoms with van der Waals surface area (Å²) in [5.74, 6) is 0.333. The summed E-state index contributed by atoms with van der Waals surface area (Å²) in [6.45, 7) is 8.38. The quantitative estimate of drug-likeness (QED) is 0.780. The lowest BCUT2D eigenvalue weighted by molar-refractivity contribution is -0.129. The Labute approximate surface area is 117 Å². The van der Waals surface area contributed by atoms with Crippen LogP contribution in [-0.2, 0) is 11.2 Å². The maximum Gasteiger partial charge on any atom is 0.157 e. The summed E-state index contributed by atoms with van der Waals surface area (Å²) in [5, 5.41) is 0. The molecule has 0 unspecified atom stereocenters. The molecule has 2 nitrogen and oxygen atoms in total. The molecule has 0 radical (unpaired) electrons. The highest BCUT2D eigenvalue weighted by atomic mass is 16.1. The second-order valence-corrected chi connectivity index (χ2v) is 5.60. The molecule has 1 rings (SSSR count). The van der Waals surface area contributed by atoms with Crippen molar-refractivity contribution >= 4 is 5.78 Å². The minimum atomic E-state index is -0.325. The molecule has 0 atom stereocenters. The average molecular weight is 261 g/mol. The molecular formula is C17H27NO. The predicted octanol–water partition coefficient (Wildman–Crippen LogP) is 3.54. The Balaban J connectivity index is 3.07. The van der Waals surface area contributed by atoms with E-state index in [1.165, 1.54) is 16.7 Å². The molecule has 0 spiro atoms. The van der Waals surface area contributed by atoms with E-state index in [4.69, 9.17) is 0 Å². The third-order valence-electron chi connectivity index (χ3n) is 4.53. The van der Waals surface area contributed by atoms with Crippen molar-refractivity contribution in [1.82, 2.24) is 4.90 Å². The molecule has 0 aliphatic heterocycles. The lowest BCUT2D eigenvalue weighted by Crippen LogP contribution is -2.51. The van der Waals surface area contributed by atoms with Gasteiger partial charge in [0, 0.05) is 6.42 Å². The highest BCUT2D eigenvalue weighted by Crippen LogP contribution is 2.26. The van der Waals surface area contributed by atoms with E-state index in [2.05, 4.69) is 50.8 Å². The minimum Gasteiger partial charge on any atom is -0.297 e. The molecule has 0 N–H and O–H groups in total. The van der Waals surface area contributed by atoms with Crippen molar-refractivity contribution in [2.45, 2.75) is 52.5 Å². The summed E-state index contributed by atoms with van der Waals surface area (Å²) in [5.41, 5.74) is 3.30. The number of likely N-dealkylation sites (N-methyl/N-ethyl adjacent to an activating group) is 1. The maximum atomic E-state index is 12.8. The topological polar surface area (TPSA) is 20.3 Å². The van der Waals surface area contributed by atoms with Gasteiger partial charge in [-0.3, -0.25) is 9.69 Å². The number of hydrogen-bond donors (Lipinski definition) is 0. The van der Waals surface area contributed by atoms with Gasteiger partial charge >= 0.3 is 0 Å². The van der Waals surface area contributed by atoms with Gasteiger partial charge in [-0.05, 0) is 57.5 Å². The maximum absolute atomic E-state index is 12.8. The first kappa shape index (κ1) is 15.9. The van der Waals surface area contributed by atoms with E-state index in [0.29, 0.717) is 12.2 Å². The number of rotatable bonds is 6. The normalized spacial score (nSPS) is 11.9. The molecule has 0 aliphatic carbocycles. The lowest BCUT2D eigenvalue weighted by atomic mass is 9.82. The number of carbonyl (C=O) groups excluding carboxylic acids is 1. The molecule has 0 saturated heterocycles. The average Bonchev–Trinajstić information content (AvgIpc) is 2.36. The van der Waals surface area contributed by atoms with E-state index in [-0.39, 0.29) is 5.54 Å². The van der Waals surface area contributed by atoms with Crippen LogP contribution in [0.5, 0.6) is 0 Å². The van der Waals surface area contributed by atoms with Crippen LogP contribution in [-0.4, -0.2) is 30.3 Å². The Hall–Kier alpha value is -1.15. The highest BCUT2D eigenvalue weighted by molar-refractivity contribution is 5.90. The standard InChI is InChI=1S/C17H27NO/c1-7-17(8-2,18(5)6)16(19)12-15-13(3)10-9-11-14(15)4/h9-11H,7-8,12H2,1-6H3. The SMILES string of the molecule is CCC(CC)(C(=O)Cc1c(C)cccc1C)N(C)C. The van der Waals surface area contributed by atoms with E-state index < -0.39 is 0 Å². The number of nitrogens with zero attached hydrogens (tertiary/aromatic N) is 1. The number of benzene rings is 1. The Morgan fingerprint density at radius 2 is 1.58 bits per heavy atom. The van der Waals surface area contributed by atoms with Crippen molar-refractivity contribution in [3.8, 4) is 0 Å². The van der Waals surface area contributed by atoms with E-state index in [9.17, 15) is 4.79 Å². The number of aryl methyl sites for hydroxylation is 2. The predicted molar refractivity (Wildman–Crippen MR) is 81.6 cm³/mol. The number of Topliss-reactive ketones (excluding diaryl/α,β-unsaturated/α-hetero) is 1. The van der Waals surface area contributed by atoms with Gasteiger partial charge in [-0.1, -0.05) is 32.0 Å². The smallest absolute Gasteiger partial charge is 0.157 e. The van der Waals surface area contributed by atoms with E-state index >= 15 is 0 Å². The van der Waals surface area contributed by atoms with Gasteiger partial charge in [-0.25, -0.2) is 0 Å². The van der Waals surface area contributed by atoms with Crippen LogP contribution in [0, 0.1) is 13.8 Å². The summed E-state index contributed by atoms with van der Waals surface area (Å²) in [6.07, 6.45) is 2.26. The fourth-order valence-electron chi connectivity index (χ4n) is 2.98. The van der Waals surface area contributed by atoms with E-state index in [1.54, 1.807) is 0 Å². The summed E-state index contributed by atoms with van der Waals surface area (Å²) >= 11 is 0. The van der Waals surface area contributed by atoms with Crippen molar-refractivity contribution in [2.75, 3.05) is 14.1 Å². The monoisotopic (exact) mass is 261 g/mol. The zero-order chi connectivity index (χ0) is 14.6. The van der Waals surface area contributed by atoms with Crippen LogP contribution in [0.3, 0.4) is 0 Å². The van der Waals surface area contributed by atoms with Crippen LogP contribution in [0.4, 0.5) is 0 Å². The van der Waals surface area contributed by atoms with Crippen molar-refractivity contribution < 1.29 is 4.79 Å². The van der Waals surface area contributed by atoms with Crippen LogP contribution in [0.1, 0.15) is 43.4 Å². The molecular weight excluding hydrogens is 234 g/mol. The van der Waals surface area contributed by atoms with Crippen LogP contribution >= 0.6 is 0 Å². The second-order valence-electron chi connectivity index (χ2n) is 5.60. The van der Waals surface area contributed by atoms with Crippen LogP contribution in [0.25, 0.3) is 0 Å². The van der Waals surface area contributed by atoms with E-state index in [1.807, 2.05) is 14.1 Å². The van der Waals surface area contributed by atoms with Crippen molar-refractivity contribution in [3.05, 3.63) is 34.9 Å². The van der Waals surface area contributed by atoms with Crippen LogP contribution in [0.2, 0.25) is 0 Å². The first-order valence-corrected chi connectivity index (χ1v) is 7.14. The summed E-state index contributed by atoms with van der Waals surface area (Å²) in [6, 6.07) is 6.23. The number of carbonyl (C=O) groups is 1. The van der Waals surface area contributed by atoms with Crippen molar-refractivity contribution in [3.63, 3.8) is 0 Å². The van der Waals surface area contributed by atoms with Crippen LogP contribution in [0.15, 0.2) is 18.2 Å². The fourth-order valence-corrected chi connectivity index (χ4v) is 2.98. The first-order chi connectivity index (χ1) is 8.89. The van der Waals surface area contributed by atoms with Gasteiger partial charge in [0.2, 0.25) is 0 Å². The molecule has 0 aliphatic rings. The summed E-state index contributed by atoms with van der Waals surface area (Å²) in [7, 11) is 4.02. The zero-order valence-electron chi connectivity index (χ0n) is 13.2. The van der Waals surface area contributed by atoms with Gasteiger partial charge < -0.3 is 0 Å². The Morgan fingerprint density at radius 3 is 1.95 bits per heavy atom. The van der Waals surface area contributed by atoms with E-state index in [0.717, 1.165) is 12.8 Å². The Bertz CT molecular complexity index is 424. The zero-order valence-corrected chi connectivity index (χ0v) is 13.2. The molecule has 1 aromatic rings. The van der Waals surface area contributed by atoms with Gasteiger partial charge in [0.15, 0.2) is 5.78 Å². The molecule has 0 bridgehead atoms. The first-order valence-electron chi connectivity index (χ1n) is 7.14. The molecule has 2 heteroatoms. The summed E-state index contributed by atoms with van der Waals surface area (Å²) < 4.78 is 0. The molecule has 19 heavy (non-hydrogen) atoms. The lowest BCUT2D eigenvalue weighted by Gasteiger charge is -2.37. The highest BCUT2D eigenvalue weighted by Gasteiger charge is 2.36. The molecule has 1 aromatic carbocycles. The van der Waals surface area contributed by atoms with Gasteiger partial charge in [0.1, 0.15) is 0 Å². The third-order valence-corrected chi connectivity index (χ3v) is 4.53. The van der Waals surface area contributed by atoms with Crippen LogP contribution < -0.4 is 0 Å². The molecule has 0 fully saturated rings. The van der Waals surface area contributed by atoms with Gasteiger partial charge in [0.05, 0.1) is 5.54 Å². The van der Waals surface area contributed by atoms with Crippen molar-refractivity contribution in [2.24, 2.45) is 0 Å². The Morgan fingerprint density at radius 1 is 1.11 bits per heavy atom. The number of hydrogen-bond acceptors (Lipinski definition) is 2.